The molecule has 0 bridgehead atoms. The van der Waals surface area contributed by atoms with Crippen LogP contribution in [-0.2, 0) is 6.54 Å². The lowest BCUT2D eigenvalue weighted by Gasteiger charge is -2.32. The van der Waals surface area contributed by atoms with E-state index in [-0.39, 0.29) is 5.82 Å². The molecule has 1 N–H and O–H groups in total. The zero-order chi connectivity index (χ0) is 14.5. The van der Waals surface area contributed by atoms with E-state index in [4.69, 9.17) is 0 Å². The molecule has 0 radical (unpaired) electrons. The molecule has 3 rings (SSSR count). The zero-order valence-corrected chi connectivity index (χ0v) is 12.0. The van der Waals surface area contributed by atoms with E-state index in [0.29, 0.717) is 6.04 Å². The zero-order valence-electron chi connectivity index (χ0n) is 12.0. The highest BCUT2D eigenvalue weighted by Crippen LogP contribution is 2.18. The predicted molar refractivity (Wildman–Crippen MR) is 82.6 cm³/mol. The Kier molecular flexibility index (Phi) is 4.46. The van der Waals surface area contributed by atoms with E-state index < -0.39 is 0 Å². The predicted octanol–water partition coefficient (Wildman–Crippen LogP) is 3.30. The fourth-order valence-corrected chi connectivity index (χ4v) is 2.80. The number of likely N-dealkylation sites (tertiary alicyclic amines) is 1. The van der Waals surface area contributed by atoms with Crippen LogP contribution < -0.4 is 5.32 Å². The number of hydrogen-bond donors (Lipinski definition) is 1. The molecule has 0 aliphatic carbocycles. The summed E-state index contributed by atoms with van der Waals surface area (Å²) in [4.78, 5) is 6.34. The summed E-state index contributed by atoms with van der Waals surface area (Å²) in [5.74, 6) is -0.290. The smallest absolute Gasteiger partial charge is 0.143 e. The van der Waals surface area contributed by atoms with Crippen molar-refractivity contribution in [3.8, 4) is 0 Å². The minimum absolute atomic E-state index is 0.290. The molecule has 3 nitrogen and oxygen atoms in total. The lowest BCUT2D eigenvalue weighted by Crippen LogP contribution is -2.38. The summed E-state index contributed by atoms with van der Waals surface area (Å²) in [6, 6.07) is 12.5. The maximum Gasteiger partial charge on any atom is 0.143 e. The van der Waals surface area contributed by atoms with Gasteiger partial charge in [0.1, 0.15) is 5.82 Å². The number of aromatic nitrogens is 1. The second kappa shape index (κ2) is 6.68. The molecule has 1 aromatic carbocycles. The van der Waals surface area contributed by atoms with Crippen LogP contribution in [0.4, 0.5) is 10.1 Å². The SMILES string of the molecule is Fc1cncc(NC2CCN(Cc3ccccc3)CC2)c1. The van der Waals surface area contributed by atoms with E-state index in [1.165, 1.54) is 17.8 Å². The van der Waals surface area contributed by atoms with E-state index in [9.17, 15) is 4.39 Å². The van der Waals surface area contributed by atoms with Gasteiger partial charge in [0.05, 0.1) is 18.1 Å². The fraction of sp³-hybridized carbons (Fsp3) is 0.353. The Morgan fingerprint density at radius 1 is 1.14 bits per heavy atom. The van der Waals surface area contributed by atoms with Gasteiger partial charge in [-0.2, -0.15) is 0 Å². The molecule has 110 valence electrons. The molecular formula is C17H20FN3. The lowest BCUT2D eigenvalue weighted by atomic mass is 10.0. The van der Waals surface area contributed by atoms with Crippen LogP contribution in [0, 0.1) is 5.82 Å². The summed E-state index contributed by atoms with van der Waals surface area (Å²) in [6.07, 6.45) is 5.06. The van der Waals surface area contributed by atoms with Crippen molar-refractivity contribution in [1.29, 1.82) is 0 Å². The molecule has 21 heavy (non-hydrogen) atoms. The summed E-state index contributed by atoms with van der Waals surface area (Å²) in [5.41, 5.74) is 2.13. The quantitative estimate of drug-likeness (QED) is 0.934. The van der Waals surface area contributed by atoms with Crippen molar-refractivity contribution in [3.05, 3.63) is 60.2 Å². The Labute approximate surface area is 124 Å². The highest BCUT2D eigenvalue weighted by atomic mass is 19.1. The van der Waals surface area contributed by atoms with Crippen molar-refractivity contribution in [2.45, 2.75) is 25.4 Å². The standard InChI is InChI=1S/C17H20FN3/c18-15-10-17(12-19-11-15)20-16-6-8-21(9-7-16)13-14-4-2-1-3-5-14/h1-5,10-12,16,20H,6-9,13H2. The Hall–Kier alpha value is -1.94. The van der Waals surface area contributed by atoms with Crippen LogP contribution in [-0.4, -0.2) is 29.0 Å². The number of hydrogen-bond acceptors (Lipinski definition) is 3. The topological polar surface area (TPSA) is 28.2 Å². The maximum atomic E-state index is 13.1. The van der Waals surface area contributed by atoms with Crippen LogP contribution in [0.25, 0.3) is 0 Å². The molecule has 0 unspecified atom stereocenters. The minimum Gasteiger partial charge on any atom is -0.381 e. The Morgan fingerprint density at radius 2 is 1.90 bits per heavy atom. The Balaban J connectivity index is 1.49. The first-order valence-electron chi connectivity index (χ1n) is 7.43. The summed E-state index contributed by atoms with van der Waals surface area (Å²) >= 11 is 0. The average Bonchev–Trinajstić information content (AvgIpc) is 2.50. The van der Waals surface area contributed by atoms with Crippen LogP contribution in [0.1, 0.15) is 18.4 Å². The van der Waals surface area contributed by atoms with Gasteiger partial charge in [0, 0.05) is 31.7 Å². The van der Waals surface area contributed by atoms with Crippen LogP contribution in [0.2, 0.25) is 0 Å². The average molecular weight is 285 g/mol. The van der Waals surface area contributed by atoms with Crippen molar-refractivity contribution in [2.75, 3.05) is 18.4 Å². The number of pyridine rings is 1. The number of rotatable bonds is 4. The summed E-state index contributed by atoms with van der Waals surface area (Å²) < 4.78 is 13.1. The van der Waals surface area contributed by atoms with Crippen LogP contribution in [0.3, 0.4) is 0 Å². The molecule has 1 saturated heterocycles. The second-order valence-electron chi connectivity index (χ2n) is 5.57. The molecular weight excluding hydrogens is 265 g/mol. The van der Waals surface area contributed by atoms with Gasteiger partial charge in [-0.3, -0.25) is 9.88 Å². The molecule has 2 aromatic rings. The second-order valence-corrected chi connectivity index (χ2v) is 5.57. The highest BCUT2D eigenvalue weighted by molar-refractivity contribution is 5.41. The van der Waals surface area contributed by atoms with E-state index in [0.717, 1.165) is 38.2 Å². The number of nitrogens with one attached hydrogen (secondary N) is 1. The molecule has 4 heteroatoms. The number of benzene rings is 1. The minimum atomic E-state index is -0.290. The molecule has 0 spiro atoms. The third-order valence-electron chi connectivity index (χ3n) is 3.91. The number of halogens is 1. The Bertz CT molecular complexity index is 565. The van der Waals surface area contributed by atoms with Crippen LogP contribution in [0.15, 0.2) is 48.8 Å². The normalized spacial score (nSPS) is 16.8. The third kappa shape index (κ3) is 4.02. The summed E-state index contributed by atoms with van der Waals surface area (Å²) in [5, 5.41) is 3.38. The van der Waals surface area contributed by atoms with Gasteiger partial charge in [-0.1, -0.05) is 30.3 Å². The van der Waals surface area contributed by atoms with E-state index >= 15 is 0 Å². The number of piperidine rings is 1. The van der Waals surface area contributed by atoms with E-state index in [2.05, 4.69) is 39.5 Å². The van der Waals surface area contributed by atoms with Gasteiger partial charge in [-0.05, 0) is 18.4 Å². The van der Waals surface area contributed by atoms with Crippen molar-refractivity contribution in [2.24, 2.45) is 0 Å². The van der Waals surface area contributed by atoms with Gasteiger partial charge in [-0.25, -0.2) is 4.39 Å². The third-order valence-corrected chi connectivity index (χ3v) is 3.91. The number of anilines is 1. The first-order valence-corrected chi connectivity index (χ1v) is 7.43. The monoisotopic (exact) mass is 285 g/mol. The maximum absolute atomic E-state index is 13.1. The van der Waals surface area contributed by atoms with Gasteiger partial charge in [0.2, 0.25) is 0 Å². The molecule has 0 atom stereocenters. The van der Waals surface area contributed by atoms with E-state index in [1.807, 2.05) is 6.07 Å². The molecule has 0 amide bonds. The van der Waals surface area contributed by atoms with Crippen molar-refractivity contribution in [1.82, 2.24) is 9.88 Å². The largest absolute Gasteiger partial charge is 0.381 e. The van der Waals surface area contributed by atoms with Crippen LogP contribution in [0.5, 0.6) is 0 Å². The molecule has 1 fully saturated rings. The van der Waals surface area contributed by atoms with Gasteiger partial charge in [-0.15, -0.1) is 0 Å². The first-order chi connectivity index (χ1) is 10.3. The van der Waals surface area contributed by atoms with Gasteiger partial charge >= 0.3 is 0 Å². The highest BCUT2D eigenvalue weighted by Gasteiger charge is 2.19. The number of nitrogens with zero attached hydrogens (tertiary/aromatic N) is 2. The Morgan fingerprint density at radius 3 is 2.62 bits per heavy atom. The van der Waals surface area contributed by atoms with Crippen molar-refractivity contribution >= 4 is 5.69 Å². The first kappa shape index (κ1) is 14.0. The molecule has 1 aliphatic rings. The van der Waals surface area contributed by atoms with Gasteiger partial charge in [0.25, 0.3) is 0 Å². The summed E-state index contributed by atoms with van der Waals surface area (Å²) in [7, 11) is 0. The summed E-state index contributed by atoms with van der Waals surface area (Å²) in [6.45, 7) is 3.14. The molecule has 2 heterocycles. The molecule has 0 saturated carbocycles. The van der Waals surface area contributed by atoms with Crippen molar-refractivity contribution < 1.29 is 4.39 Å². The lowest BCUT2D eigenvalue weighted by molar-refractivity contribution is 0.211. The fourth-order valence-electron chi connectivity index (χ4n) is 2.80. The molecule has 1 aliphatic heterocycles. The van der Waals surface area contributed by atoms with E-state index in [1.54, 1.807) is 6.20 Å². The molecule has 1 aromatic heterocycles. The van der Waals surface area contributed by atoms with Gasteiger partial charge in [0.15, 0.2) is 0 Å². The van der Waals surface area contributed by atoms with Crippen molar-refractivity contribution in [3.63, 3.8) is 0 Å². The van der Waals surface area contributed by atoms with Gasteiger partial charge < -0.3 is 5.32 Å². The van der Waals surface area contributed by atoms with Crippen LogP contribution >= 0.6 is 0 Å².